The van der Waals surface area contributed by atoms with Gasteiger partial charge in [0, 0.05) is 32.4 Å². The van der Waals surface area contributed by atoms with Crippen LogP contribution in [0.4, 0.5) is 5.13 Å². The molecule has 2 aliphatic rings. The van der Waals surface area contributed by atoms with Crippen molar-refractivity contribution in [1.82, 2.24) is 15.1 Å². The molecule has 0 radical (unpaired) electrons. The normalized spacial score (nSPS) is 28.1. The predicted molar refractivity (Wildman–Crippen MR) is 93.5 cm³/mol. The summed E-state index contributed by atoms with van der Waals surface area (Å²) < 4.78 is 5.82. The van der Waals surface area contributed by atoms with Crippen molar-refractivity contribution in [2.75, 3.05) is 25.0 Å². The van der Waals surface area contributed by atoms with Gasteiger partial charge in [-0.2, -0.15) is 0 Å². The fourth-order valence-corrected chi connectivity index (χ4v) is 4.04. The van der Waals surface area contributed by atoms with Crippen molar-refractivity contribution in [2.24, 2.45) is 0 Å². The van der Waals surface area contributed by atoms with Gasteiger partial charge in [0.15, 0.2) is 0 Å². The maximum Gasteiger partial charge on any atom is 0.226 e. The van der Waals surface area contributed by atoms with Crippen LogP contribution in [0.15, 0.2) is 5.51 Å². The van der Waals surface area contributed by atoms with Gasteiger partial charge in [-0.15, -0.1) is 10.2 Å². The average molecular weight is 384 g/mol. The Morgan fingerprint density at radius 1 is 1.38 bits per heavy atom. The van der Waals surface area contributed by atoms with E-state index in [0.29, 0.717) is 44.1 Å². The fraction of sp³-hybridized carbons (Fsp3) is 0.750. The molecular weight excluding hydrogens is 360 g/mol. The zero-order valence-corrected chi connectivity index (χ0v) is 15.5. The molecule has 3 rings (SSSR count). The van der Waals surface area contributed by atoms with Gasteiger partial charge in [0.1, 0.15) is 17.2 Å². The van der Waals surface area contributed by atoms with Crippen molar-refractivity contribution < 1.29 is 24.5 Å². The summed E-state index contributed by atoms with van der Waals surface area (Å²) in [5, 5.41) is 31.2. The van der Waals surface area contributed by atoms with Gasteiger partial charge in [-0.3, -0.25) is 9.59 Å². The van der Waals surface area contributed by atoms with E-state index in [0.717, 1.165) is 0 Å². The van der Waals surface area contributed by atoms with Crippen molar-refractivity contribution in [3.05, 3.63) is 5.51 Å². The fourth-order valence-electron chi connectivity index (χ4n) is 3.58. The van der Waals surface area contributed by atoms with Crippen LogP contribution in [0.25, 0.3) is 0 Å². The topological polar surface area (TPSA) is 125 Å². The minimum atomic E-state index is -1.17. The molecule has 0 aromatic carbocycles. The molecule has 2 saturated heterocycles. The SMILES string of the molecule is C[C@@]1(O)CCOC2(CCN(C(=O)CCC(=O)Nc3nncs3)CC2)[C@H]1O. The van der Waals surface area contributed by atoms with Gasteiger partial charge in [-0.25, -0.2) is 0 Å². The van der Waals surface area contributed by atoms with E-state index in [4.69, 9.17) is 4.74 Å². The smallest absolute Gasteiger partial charge is 0.226 e. The number of piperidine rings is 1. The number of aliphatic hydroxyl groups is 2. The van der Waals surface area contributed by atoms with Crippen molar-refractivity contribution in [2.45, 2.75) is 56.3 Å². The van der Waals surface area contributed by atoms with E-state index in [1.807, 2.05) is 0 Å². The van der Waals surface area contributed by atoms with Gasteiger partial charge in [0.05, 0.1) is 12.2 Å². The molecule has 0 bridgehead atoms. The van der Waals surface area contributed by atoms with Crippen LogP contribution in [0, 0.1) is 0 Å². The number of ether oxygens (including phenoxy) is 1. The summed E-state index contributed by atoms with van der Waals surface area (Å²) in [4.78, 5) is 25.9. The summed E-state index contributed by atoms with van der Waals surface area (Å²) in [6.45, 7) is 2.88. The highest BCUT2D eigenvalue weighted by atomic mass is 32.1. The molecule has 3 heterocycles. The number of likely N-dealkylation sites (tertiary alicyclic amines) is 1. The first-order chi connectivity index (χ1) is 12.3. The largest absolute Gasteiger partial charge is 0.387 e. The van der Waals surface area contributed by atoms with Gasteiger partial charge in [-0.1, -0.05) is 11.3 Å². The molecule has 0 unspecified atom stereocenters. The number of hydrogen-bond donors (Lipinski definition) is 3. The first kappa shape index (κ1) is 19.2. The lowest BCUT2D eigenvalue weighted by molar-refractivity contribution is -0.245. The molecule has 1 aromatic heterocycles. The van der Waals surface area contributed by atoms with E-state index in [1.165, 1.54) is 16.8 Å². The van der Waals surface area contributed by atoms with Gasteiger partial charge >= 0.3 is 0 Å². The zero-order valence-electron chi connectivity index (χ0n) is 14.7. The molecule has 2 fully saturated rings. The minimum Gasteiger partial charge on any atom is -0.387 e. The number of anilines is 1. The molecule has 2 aliphatic heterocycles. The Labute approximate surface area is 155 Å². The molecule has 1 spiro atoms. The molecule has 144 valence electrons. The minimum absolute atomic E-state index is 0.0773. The van der Waals surface area contributed by atoms with E-state index < -0.39 is 17.3 Å². The predicted octanol–water partition coefficient (Wildman–Crippen LogP) is 0.150. The Bertz CT molecular complexity index is 643. The van der Waals surface area contributed by atoms with Crippen LogP contribution in [-0.4, -0.2) is 74.1 Å². The summed E-state index contributed by atoms with van der Waals surface area (Å²) in [6.07, 6.45) is 0.536. The first-order valence-corrected chi connectivity index (χ1v) is 9.59. The summed E-state index contributed by atoms with van der Waals surface area (Å²) >= 11 is 1.22. The zero-order chi connectivity index (χ0) is 18.8. The highest BCUT2D eigenvalue weighted by Gasteiger charge is 2.52. The van der Waals surface area contributed by atoms with Crippen LogP contribution in [0.3, 0.4) is 0 Å². The van der Waals surface area contributed by atoms with Crippen molar-refractivity contribution >= 4 is 28.3 Å². The Morgan fingerprint density at radius 3 is 2.77 bits per heavy atom. The van der Waals surface area contributed by atoms with Gasteiger partial charge in [0.25, 0.3) is 0 Å². The number of nitrogens with zero attached hydrogens (tertiary/aromatic N) is 3. The van der Waals surface area contributed by atoms with Crippen LogP contribution in [0.2, 0.25) is 0 Å². The molecule has 2 atom stereocenters. The van der Waals surface area contributed by atoms with Crippen molar-refractivity contribution in [3.8, 4) is 0 Å². The summed E-state index contributed by atoms with van der Waals surface area (Å²) in [6, 6.07) is 0. The molecular formula is C16H24N4O5S. The summed E-state index contributed by atoms with van der Waals surface area (Å²) in [5.41, 5.74) is -0.454. The highest BCUT2D eigenvalue weighted by molar-refractivity contribution is 7.13. The van der Waals surface area contributed by atoms with Crippen molar-refractivity contribution in [3.63, 3.8) is 0 Å². The van der Waals surface area contributed by atoms with E-state index in [9.17, 15) is 19.8 Å². The molecule has 9 nitrogen and oxygen atoms in total. The number of aromatic nitrogens is 2. The number of aliphatic hydroxyl groups excluding tert-OH is 1. The van der Waals surface area contributed by atoms with E-state index in [2.05, 4.69) is 15.5 Å². The molecule has 2 amide bonds. The Kier molecular flexibility index (Phi) is 5.56. The standard InChI is InChI=1S/C16H24N4O5S/c1-15(24)6-9-25-16(13(15)23)4-7-20(8-5-16)12(22)3-2-11(21)18-14-19-17-10-26-14/h10,13,23-24H,2-9H2,1H3,(H,18,19,21)/t13-,15+/m0/s1. The third kappa shape index (κ3) is 4.03. The number of nitrogens with one attached hydrogen (secondary N) is 1. The average Bonchev–Trinajstić information content (AvgIpc) is 3.11. The van der Waals surface area contributed by atoms with Crippen molar-refractivity contribution in [1.29, 1.82) is 0 Å². The molecule has 3 N–H and O–H groups in total. The third-order valence-corrected chi connectivity index (χ3v) is 5.83. The third-order valence-electron chi connectivity index (χ3n) is 5.22. The Balaban J connectivity index is 1.47. The number of hydrogen-bond acceptors (Lipinski definition) is 8. The molecule has 0 saturated carbocycles. The number of carbonyl (C=O) groups is 2. The number of carbonyl (C=O) groups excluding carboxylic acids is 2. The lowest BCUT2D eigenvalue weighted by Crippen LogP contribution is -2.64. The van der Waals surface area contributed by atoms with Gasteiger partial charge in [0.2, 0.25) is 16.9 Å². The second-order valence-corrected chi connectivity index (χ2v) is 7.93. The van der Waals surface area contributed by atoms with E-state index in [-0.39, 0.29) is 24.7 Å². The second kappa shape index (κ2) is 7.55. The number of amides is 2. The highest BCUT2D eigenvalue weighted by Crippen LogP contribution is 2.39. The van der Waals surface area contributed by atoms with Crippen LogP contribution >= 0.6 is 11.3 Å². The molecule has 10 heteroatoms. The molecule has 26 heavy (non-hydrogen) atoms. The van der Waals surface area contributed by atoms with E-state index in [1.54, 1.807) is 11.8 Å². The van der Waals surface area contributed by atoms with E-state index >= 15 is 0 Å². The quantitative estimate of drug-likeness (QED) is 0.675. The summed E-state index contributed by atoms with van der Waals surface area (Å²) in [7, 11) is 0. The van der Waals surface area contributed by atoms with Crippen LogP contribution in [0.1, 0.15) is 39.0 Å². The van der Waals surface area contributed by atoms with Crippen LogP contribution in [-0.2, 0) is 14.3 Å². The molecule has 1 aromatic rings. The van der Waals surface area contributed by atoms with Gasteiger partial charge < -0.3 is 25.2 Å². The Hall–Kier alpha value is -1.62. The number of rotatable bonds is 4. The lowest BCUT2D eigenvalue weighted by atomic mass is 9.75. The van der Waals surface area contributed by atoms with Crippen LogP contribution in [0.5, 0.6) is 0 Å². The lowest BCUT2D eigenvalue weighted by Gasteiger charge is -2.51. The maximum absolute atomic E-state index is 12.4. The molecule has 0 aliphatic carbocycles. The van der Waals surface area contributed by atoms with Gasteiger partial charge in [-0.05, 0) is 19.8 Å². The monoisotopic (exact) mass is 384 g/mol. The maximum atomic E-state index is 12.4. The first-order valence-electron chi connectivity index (χ1n) is 8.71. The Morgan fingerprint density at radius 2 is 2.12 bits per heavy atom. The van der Waals surface area contributed by atoms with Crippen LogP contribution < -0.4 is 5.32 Å². The summed E-state index contributed by atoms with van der Waals surface area (Å²) in [5.74, 6) is -0.380. The second-order valence-electron chi connectivity index (χ2n) is 7.10.